The van der Waals surface area contributed by atoms with Gasteiger partial charge >= 0.3 is 0 Å². The van der Waals surface area contributed by atoms with Gasteiger partial charge in [0.2, 0.25) is 11.8 Å². The molecular formula is C19H22N4O3S. The molecule has 2 amide bonds. The highest BCUT2D eigenvalue weighted by molar-refractivity contribution is 7.99. The minimum absolute atomic E-state index is 0.0595. The van der Waals surface area contributed by atoms with Crippen molar-refractivity contribution in [1.82, 2.24) is 15.3 Å². The van der Waals surface area contributed by atoms with Crippen LogP contribution in [0.4, 0.5) is 5.69 Å². The van der Waals surface area contributed by atoms with Crippen LogP contribution in [0.25, 0.3) is 0 Å². The molecule has 1 aromatic heterocycles. The standard InChI is InChI=1S/C19H22N4O3S/c1-2-12-3-5-13(6-4-12)21-18(26)11-27-19-22-15(10-17(25)23-19)9-16(24)20-14-7-8-14/h3-6,10,14H,2,7-9,11H2,1H3,(H,20,24)(H,21,26)(H,22,23,25). The molecule has 0 unspecified atom stereocenters. The van der Waals surface area contributed by atoms with Crippen molar-refractivity contribution in [2.45, 2.75) is 43.8 Å². The van der Waals surface area contributed by atoms with Gasteiger partial charge in [0.05, 0.1) is 17.9 Å². The zero-order chi connectivity index (χ0) is 19.2. The van der Waals surface area contributed by atoms with Crippen LogP contribution in [0.2, 0.25) is 0 Å². The highest BCUT2D eigenvalue weighted by atomic mass is 32.2. The van der Waals surface area contributed by atoms with Crippen LogP contribution in [0.3, 0.4) is 0 Å². The van der Waals surface area contributed by atoms with Crippen molar-refractivity contribution < 1.29 is 9.59 Å². The molecule has 0 saturated heterocycles. The average molecular weight is 386 g/mol. The van der Waals surface area contributed by atoms with E-state index in [4.69, 9.17) is 0 Å². The number of benzene rings is 1. The van der Waals surface area contributed by atoms with Gasteiger partial charge in [-0.2, -0.15) is 0 Å². The van der Waals surface area contributed by atoms with Gasteiger partial charge < -0.3 is 15.6 Å². The molecule has 1 aliphatic rings. The summed E-state index contributed by atoms with van der Waals surface area (Å²) in [6.07, 6.45) is 3.01. The van der Waals surface area contributed by atoms with E-state index in [1.165, 1.54) is 11.6 Å². The first-order valence-electron chi connectivity index (χ1n) is 8.93. The summed E-state index contributed by atoms with van der Waals surface area (Å²) >= 11 is 1.13. The van der Waals surface area contributed by atoms with Gasteiger partial charge in [0, 0.05) is 17.8 Å². The second-order valence-corrected chi connectivity index (χ2v) is 7.41. The summed E-state index contributed by atoms with van der Waals surface area (Å²) in [4.78, 5) is 42.6. The summed E-state index contributed by atoms with van der Waals surface area (Å²) in [6.45, 7) is 2.07. The molecule has 7 nitrogen and oxygen atoms in total. The lowest BCUT2D eigenvalue weighted by Gasteiger charge is -2.07. The van der Waals surface area contributed by atoms with Gasteiger partial charge in [-0.15, -0.1) is 0 Å². The number of aryl methyl sites for hydroxylation is 1. The van der Waals surface area contributed by atoms with E-state index in [0.717, 1.165) is 36.7 Å². The summed E-state index contributed by atoms with van der Waals surface area (Å²) < 4.78 is 0. The topological polar surface area (TPSA) is 104 Å². The molecule has 0 aliphatic heterocycles. The molecule has 0 atom stereocenters. The monoisotopic (exact) mass is 386 g/mol. The molecule has 1 heterocycles. The molecule has 8 heteroatoms. The van der Waals surface area contributed by atoms with Crippen LogP contribution < -0.4 is 16.2 Å². The zero-order valence-corrected chi connectivity index (χ0v) is 15.9. The fraction of sp³-hybridized carbons (Fsp3) is 0.368. The molecule has 2 aromatic rings. The molecule has 0 spiro atoms. The summed E-state index contributed by atoms with van der Waals surface area (Å²) in [5.41, 5.74) is 1.99. The second-order valence-electron chi connectivity index (χ2n) is 6.45. The zero-order valence-electron chi connectivity index (χ0n) is 15.1. The van der Waals surface area contributed by atoms with Crippen molar-refractivity contribution in [3.63, 3.8) is 0 Å². The SMILES string of the molecule is CCc1ccc(NC(=O)CSc2nc(CC(=O)NC3CC3)cc(=O)[nH]2)cc1. The van der Waals surface area contributed by atoms with Crippen LogP contribution in [-0.2, 0) is 22.4 Å². The van der Waals surface area contributed by atoms with E-state index < -0.39 is 0 Å². The fourth-order valence-electron chi connectivity index (χ4n) is 2.47. The third-order valence-corrected chi connectivity index (χ3v) is 4.92. The molecule has 1 aromatic carbocycles. The van der Waals surface area contributed by atoms with Crippen molar-refractivity contribution in [2.75, 3.05) is 11.1 Å². The van der Waals surface area contributed by atoms with Gasteiger partial charge in [0.1, 0.15) is 0 Å². The molecule has 3 rings (SSSR count). The van der Waals surface area contributed by atoms with Gasteiger partial charge in [0.25, 0.3) is 5.56 Å². The quantitative estimate of drug-likeness (QED) is 0.475. The number of hydrogen-bond acceptors (Lipinski definition) is 5. The Kier molecular flexibility index (Phi) is 6.28. The van der Waals surface area contributed by atoms with E-state index in [1.54, 1.807) is 0 Å². The maximum atomic E-state index is 12.1. The lowest BCUT2D eigenvalue weighted by Crippen LogP contribution is -2.28. The smallest absolute Gasteiger partial charge is 0.251 e. The average Bonchev–Trinajstić information content (AvgIpc) is 3.44. The number of rotatable bonds is 8. The summed E-state index contributed by atoms with van der Waals surface area (Å²) in [6, 6.07) is 9.24. The van der Waals surface area contributed by atoms with Crippen molar-refractivity contribution in [3.05, 3.63) is 51.9 Å². The van der Waals surface area contributed by atoms with E-state index in [0.29, 0.717) is 10.9 Å². The van der Waals surface area contributed by atoms with Crippen LogP contribution in [0.5, 0.6) is 0 Å². The number of aromatic nitrogens is 2. The number of hydrogen-bond donors (Lipinski definition) is 3. The summed E-state index contributed by atoms with van der Waals surface area (Å²) in [5, 5.41) is 6.00. The Morgan fingerprint density at radius 2 is 1.96 bits per heavy atom. The molecule has 0 bridgehead atoms. The van der Waals surface area contributed by atoms with E-state index >= 15 is 0 Å². The third kappa shape index (κ3) is 6.25. The number of aromatic amines is 1. The maximum absolute atomic E-state index is 12.1. The number of amides is 2. The maximum Gasteiger partial charge on any atom is 0.251 e. The van der Waals surface area contributed by atoms with Gasteiger partial charge in [-0.25, -0.2) is 4.98 Å². The largest absolute Gasteiger partial charge is 0.353 e. The first kappa shape index (κ1) is 19.2. The molecule has 0 radical (unpaired) electrons. The van der Waals surface area contributed by atoms with Gasteiger partial charge in [-0.3, -0.25) is 14.4 Å². The van der Waals surface area contributed by atoms with Crippen LogP contribution in [-0.4, -0.2) is 33.6 Å². The Morgan fingerprint density at radius 3 is 2.63 bits per heavy atom. The summed E-state index contributed by atoms with van der Waals surface area (Å²) in [5.74, 6) is -0.223. The normalized spacial score (nSPS) is 13.2. The van der Waals surface area contributed by atoms with Crippen molar-refractivity contribution in [3.8, 4) is 0 Å². The molecule has 1 saturated carbocycles. The molecule has 142 valence electrons. The number of anilines is 1. The van der Waals surface area contributed by atoms with Gasteiger partial charge in [-0.05, 0) is 37.0 Å². The van der Waals surface area contributed by atoms with E-state index in [2.05, 4.69) is 27.5 Å². The van der Waals surface area contributed by atoms with Crippen LogP contribution in [0.1, 0.15) is 31.0 Å². The molecule has 1 aliphatic carbocycles. The van der Waals surface area contributed by atoms with Crippen molar-refractivity contribution in [1.29, 1.82) is 0 Å². The Morgan fingerprint density at radius 1 is 1.22 bits per heavy atom. The van der Waals surface area contributed by atoms with E-state index in [9.17, 15) is 14.4 Å². The third-order valence-electron chi connectivity index (χ3n) is 4.04. The number of nitrogens with zero attached hydrogens (tertiary/aromatic N) is 1. The number of nitrogens with one attached hydrogen (secondary N) is 3. The molecular weight excluding hydrogens is 364 g/mol. The molecule has 27 heavy (non-hydrogen) atoms. The highest BCUT2D eigenvalue weighted by Crippen LogP contribution is 2.19. The Balaban J connectivity index is 1.53. The van der Waals surface area contributed by atoms with Crippen molar-refractivity contribution >= 4 is 29.3 Å². The Hall–Kier alpha value is -2.61. The predicted octanol–water partition coefficient (Wildman–Crippen LogP) is 1.88. The van der Waals surface area contributed by atoms with Gasteiger partial charge in [0.15, 0.2) is 5.16 Å². The molecule has 1 fully saturated rings. The highest BCUT2D eigenvalue weighted by Gasteiger charge is 2.23. The van der Waals surface area contributed by atoms with Gasteiger partial charge in [-0.1, -0.05) is 30.8 Å². The first-order valence-corrected chi connectivity index (χ1v) is 9.91. The number of carbonyl (C=O) groups excluding carboxylic acids is 2. The summed E-state index contributed by atoms with van der Waals surface area (Å²) in [7, 11) is 0. The Labute approximate surface area is 161 Å². The number of carbonyl (C=O) groups is 2. The van der Waals surface area contributed by atoms with Crippen LogP contribution in [0, 0.1) is 0 Å². The lowest BCUT2D eigenvalue weighted by atomic mass is 10.1. The van der Waals surface area contributed by atoms with Crippen LogP contribution >= 0.6 is 11.8 Å². The second kappa shape index (κ2) is 8.85. The minimum atomic E-state index is -0.336. The Bertz CT molecular complexity index is 875. The van der Waals surface area contributed by atoms with Crippen LogP contribution in [0.15, 0.2) is 40.3 Å². The van der Waals surface area contributed by atoms with E-state index in [-0.39, 0.29) is 35.6 Å². The number of thioether (sulfide) groups is 1. The lowest BCUT2D eigenvalue weighted by molar-refractivity contribution is -0.120. The van der Waals surface area contributed by atoms with Crippen molar-refractivity contribution in [2.24, 2.45) is 0 Å². The van der Waals surface area contributed by atoms with E-state index in [1.807, 2.05) is 24.3 Å². The number of H-pyrrole nitrogens is 1. The fourth-order valence-corrected chi connectivity index (χ4v) is 3.16. The molecule has 3 N–H and O–H groups in total. The minimum Gasteiger partial charge on any atom is -0.353 e. The first-order chi connectivity index (χ1) is 13.0. The predicted molar refractivity (Wildman–Crippen MR) is 105 cm³/mol.